The predicted octanol–water partition coefficient (Wildman–Crippen LogP) is 1.27. The van der Waals surface area contributed by atoms with E-state index in [1.165, 1.54) is 16.0 Å². The standard InChI is InChI=1S/C11H12N4O2S/c1-7-8(6-15(2)13-7)11(16)17-14-10(12)9-4-3-5-18-9/h3-6H,1-2H3,(H2,12,14). The van der Waals surface area contributed by atoms with Gasteiger partial charge in [0.2, 0.25) is 0 Å². The minimum atomic E-state index is -0.569. The Morgan fingerprint density at radius 1 is 1.61 bits per heavy atom. The highest BCUT2D eigenvalue weighted by atomic mass is 32.1. The summed E-state index contributed by atoms with van der Waals surface area (Å²) in [4.78, 5) is 17.3. The van der Waals surface area contributed by atoms with Gasteiger partial charge in [0.15, 0.2) is 5.84 Å². The van der Waals surface area contributed by atoms with Gasteiger partial charge in [-0.2, -0.15) is 5.10 Å². The van der Waals surface area contributed by atoms with E-state index < -0.39 is 5.97 Å². The molecule has 0 radical (unpaired) electrons. The van der Waals surface area contributed by atoms with Gasteiger partial charge in [0.05, 0.1) is 10.6 Å². The summed E-state index contributed by atoms with van der Waals surface area (Å²) >= 11 is 1.42. The van der Waals surface area contributed by atoms with E-state index in [0.717, 1.165) is 4.88 Å². The molecule has 0 aliphatic carbocycles. The van der Waals surface area contributed by atoms with Gasteiger partial charge in [0, 0.05) is 13.2 Å². The van der Waals surface area contributed by atoms with Gasteiger partial charge in [-0.25, -0.2) is 4.79 Å². The maximum absolute atomic E-state index is 11.7. The molecule has 0 aromatic carbocycles. The van der Waals surface area contributed by atoms with Crippen molar-refractivity contribution in [1.82, 2.24) is 9.78 Å². The second-order valence-electron chi connectivity index (χ2n) is 3.63. The quantitative estimate of drug-likeness (QED) is 0.391. The van der Waals surface area contributed by atoms with E-state index in [4.69, 9.17) is 10.6 Å². The molecule has 7 heteroatoms. The number of thiophene rings is 1. The van der Waals surface area contributed by atoms with Crippen LogP contribution in [0.15, 0.2) is 28.9 Å². The van der Waals surface area contributed by atoms with Gasteiger partial charge >= 0.3 is 5.97 Å². The van der Waals surface area contributed by atoms with Crippen LogP contribution in [0.2, 0.25) is 0 Å². The van der Waals surface area contributed by atoms with E-state index in [2.05, 4.69) is 10.3 Å². The number of oxime groups is 1. The topological polar surface area (TPSA) is 82.5 Å². The van der Waals surface area contributed by atoms with Crippen LogP contribution in [-0.4, -0.2) is 21.6 Å². The monoisotopic (exact) mass is 264 g/mol. The fourth-order valence-electron chi connectivity index (χ4n) is 1.41. The molecule has 2 aromatic rings. The number of amidine groups is 1. The zero-order valence-electron chi connectivity index (χ0n) is 9.95. The first-order valence-electron chi connectivity index (χ1n) is 5.17. The largest absolute Gasteiger partial charge is 0.380 e. The second-order valence-corrected chi connectivity index (χ2v) is 4.58. The number of carbonyl (C=O) groups excluding carboxylic acids is 1. The third-order valence-electron chi connectivity index (χ3n) is 2.23. The van der Waals surface area contributed by atoms with E-state index in [9.17, 15) is 4.79 Å². The van der Waals surface area contributed by atoms with Crippen LogP contribution in [0.5, 0.6) is 0 Å². The van der Waals surface area contributed by atoms with Crippen molar-refractivity contribution >= 4 is 23.1 Å². The molecular formula is C11H12N4O2S. The molecular weight excluding hydrogens is 252 g/mol. The molecule has 2 rings (SSSR count). The highest BCUT2D eigenvalue weighted by Gasteiger charge is 2.14. The number of hydrogen-bond donors (Lipinski definition) is 1. The first-order chi connectivity index (χ1) is 8.58. The molecule has 0 atom stereocenters. The number of aryl methyl sites for hydroxylation is 2. The molecule has 2 aromatic heterocycles. The summed E-state index contributed by atoms with van der Waals surface area (Å²) < 4.78 is 1.54. The van der Waals surface area contributed by atoms with Crippen LogP contribution in [0.4, 0.5) is 0 Å². The summed E-state index contributed by atoms with van der Waals surface area (Å²) in [5, 5.41) is 9.52. The third kappa shape index (κ3) is 2.57. The van der Waals surface area contributed by atoms with Crippen molar-refractivity contribution in [2.75, 3.05) is 0 Å². The van der Waals surface area contributed by atoms with Gasteiger partial charge in [-0.1, -0.05) is 11.2 Å². The summed E-state index contributed by atoms with van der Waals surface area (Å²) in [6, 6.07) is 3.64. The molecule has 0 fully saturated rings. The summed E-state index contributed by atoms with van der Waals surface area (Å²) in [6.45, 7) is 1.73. The molecule has 0 bridgehead atoms. The minimum Gasteiger partial charge on any atom is -0.380 e. The van der Waals surface area contributed by atoms with E-state index in [1.54, 1.807) is 26.2 Å². The van der Waals surface area contributed by atoms with Gasteiger partial charge in [-0.3, -0.25) is 4.68 Å². The summed E-state index contributed by atoms with van der Waals surface area (Å²) in [5.74, 6) is -0.389. The first kappa shape index (κ1) is 12.3. The van der Waals surface area contributed by atoms with Crippen molar-refractivity contribution in [2.45, 2.75) is 6.92 Å². The van der Waals surface area contributed by atoms with Crippen molar-refractivity contribution in [3.63, 3.8) is 0 Å². The van der Waals surface area contributed by atoms with E-state index >= 15 is 0 Å². The van der Waals surface area contributed by atoms with Crippen LogP contribution < -0.4 is 5.73 Å². The van der Waals surface area contributed by atoms with Crippen LogP contribution in [-0.2, 0) is 11.9 Å². The summed E-state index contributed by atoms with van der Waals surface area (Å²) in [5.41, 5.74) is 6.64. The molecule has 94 valence electrons. The second kappa shape index (κ2) is 5.01. The molecule has 18 heavy (non-hydrogen) atoms. The number of aromatic nitrogens is 2. The maximum Gasteiger partial charge on any atom is 0.369 e. The predicted molar refractivity (Wildman–Crippen MR) is 68.4 cm³/mol. The Balaban J connectivity index is 2.09. The highest BCUT2D eigenvalue weighted by Crippen LogP contribution is 2.09. The normalized spacial score (nSPS) is 11.6. The average molecular weight is 264 g/mol. The average Bonchev–Trinajstić information content (AvgIpc) is 2.95. The van der Waals surface area contributed by atoms with Crippen LogP contribution in [0, 0.1) is 6.92 Å². The van der Waals surface area contributed by atoms with Gasteiger partial charge in [-0.05, 0) is 18.4 Å². The molecule has 6 nitrogen and oxygen atoms in total. The summed E-state index contributed by atoms with van der Waals surface area (Å²) in [6.07, 6.45) is 1.58. The van der Waals surface area contributed by atoms with Crippen LogP contribution >= 0.6 is 11.3 Å². The first-order valence-corrected chi connectivity index (χ1v) is 6.05. The molecule has 0 amide bonds. The minimum absolute atomic E-state index is 0.180. The van der Waals surface area contributed by atoms with Crippen molar-refractivity contribution in [1.29, 1.82) is 0 Å². The fraction of sp³-hybridized carbons (Fsp3) is 0.182. The van der Waals surface area contributed by atoms with Crippen molar-refractivity contribution < 1.29 is 9.63 Å². The third-order valence-corrected chi connectivity index (χ3v) is 3.13. The van der Waals surface area contributed by atoms with E-state index in [1.807, 2.05) is 11.4 Å². The Hall–Kier alpha value is -2.15. The van der Waals surface area contributed by atoms with Crippen LogP contribution in [0.1, 0.15) is 20.9 Å². The van der Waals surface area contributed by atoms with Crippen LogP contribution in [0.25, 0.3) is 0 Å². The maximum atomic E-state index is 11.7. The van der Waals surface area contributed by atoms with Gasteiger partial charge in [0.25, 0.3) is 0 Å². The van der Waals surface area contributed by atoms with Crippen molar-refractivity contribution in [2.24, 2.45) is 17.9 Å². The molecule has 0 unspecified atom stereocenters. The zero-order valence-corrected chi connectivity index (χ0v) is 10.8. The van der Waals surface area contributed by atoms with Gasteiger partial charge in [0.1, 0.15) is 5.56 Å². The van der Waals surface area contributed by atoms with Crippen molar-refractivity contribution in [3.8, 4) is 0 Å². The zero-order chi connectivity index (χ0) is 13.1. The van der Waals surface area contributed by atoms with E-state index in [0.29, 0.717) is 11.3 Å². The Bertz CT molecular complexity index is 586. The Morgan fingerprint density at radius 2 is 2.39 bits per heavy atom. The molecule has 2 heterocycles. The lowest BCUT2D eigenvalue weighted by molar-refractivity contribution is 0.0515. The lowest BCUT2D eigenvalue weighted by Gasteiger charge is -1.97. The lowest BCUT2D eigenvalue weighted by Crippen LogP contribution is -2.13. The molecule has 0 saturated heterocycles. The molecule has 0 aliphatic rings. The molecule has 0 saturated carbocycles. The van der Waals surface area contributed by atoms with E-state index in [-0.39, 0.29) is 5.84 Å². The Kier molecular flexibility index (Phi) is 3.42. The number of carbonyl (C=O) groups is 1. The number of nitrogens with zero attached hydrogens (tertiary/aromatic N) is 3. The fourth-order valence-corrected chi connectivity index (χ4v) is 2.03. The van der Waals surface area contributed by atoms with Crippen LogP contribution in [0.3, 0.4) is 0 Å². The summed E-state index contributed by atoms with van der Waals surface area (Å²) in [7, 11) is 1.73. The Morgan fingerprint density at radius 3 is 2.94 bits per heavy atom. The number of nitrogens with two attached hydrogens (primary N) is 1. The number of rotatable bonds is 3. The lowest BCUT2D eigenvalue weighted by atomic mass is 10.3. The van der Waals surface area contributed by atoms with Gasteiger partial charge < -0.3 is 10.6 Å². The molecule has 0 spiro atoms. The van der Waals surface area contributed by atoms with Gasteiger partial charge in [-0.15, -0.1) is 11.3 Å². The smallest absolute Gasteiger partial charge is 0.369 e. The number of hydrogen-bond acceptors (Lipinski definition) is 5. The highest BCUT2D eigenvalue weighted by molar-refractivity contribution is 7.12. The SMILES string of the molecule is Cc1nn(C)cc1C(=O)O/N=C(\N)c1cccs1. The van der Waals surface area contributed by atoms with Crippen molar-refractivity contribution in [3.05, 3.63) is 39.8 Å². The Labute approximate surface area is 108 Å². The molecule has 2 N–H and O–H groups in total. The molecule has 0 aliphatic heterocycles.